The summed E-state index contributed by atoms with van der Waals surface area (Å²) in [4.78, 5) is 2.28. The van der Waals surface area contributed by atoms with Crippen molar-refractivity contribution in [3.8, 4) is 0 Å². The monoisotopic (exact) mass is 319 g/mol. The number of likely N-dealkylation sites (N-methyl/N-ethyl adjacent to an activating group) is 1. The molecule has 3 heterocycles. The topological polar surface area (TPSA) is 45.1 Å². The average molecular weight is 319 g/mol. The minimum absolute atomic E-state index is 0.435. The number of nitrogens with zero attached hydrogens (tertiary/aromatic N) is 3. The molecule has 0 amide bonds. The van der Waals surface area contributed by atoms with Crippen LogP contribution in [0.2, 0.25) is 0 Å². The van der Waals surface area contributed by atoms with Crippen molar-refractivity contribution in [3.63, 3.8) is 0 Å². The van der Waals surface area contributed by atoms with E-state index in [-0.39, 0.29) is 0 Å². The van der Waals surface area contributed by atoms with Crippen molar-refractivity contribution in [2.24, 2.45) is 5.92 Å². The fourth-order valence-electron chi connectivity index (χ4n) is 3.01. The molecule has 2 atom stereocenters. The van der Waals surface area contributed by atoms with Crippen LogP contribution in [0, 0.1) is 12.8 Å². The van der Waals surface area contributed by atoms with E-state index in [2.05, 4.69) is 62.3 Å². The number of fused-ring (bicyclic) bond motifs is 1. The zero-order valence-electron chi connectivity index (χ0n) is 13.5. The highest BCUT2D eigenvalue weighted by molar-refractivity contribution is 7.07. The van der Waals surface area contributed by atoms with E-state index in [9.17, 15) is 0 Å². The Kier molecular flexibility index (Phi) is 4.81. The Bertz CT molecular complexity index is 590. The van der Waals surface area contributed by atoms with Crippen LogP contribution in [0.25, 0.3) is 0 Å². The number of nitrogens with one attached hydrogen (secondary N) is 2. The SMILES string of the molecule is Cc1cc2n(n1)CC(CNCC(c1ccsc1)N(C)C)CN2. The zero-order valence-corrected chi connectivity index (χ0v) is 14.4. The molecule has 1 aliphatic heterocycles. The van der Waals surface area contributed by atoms with Gasteiger partial charge in [0.2, 0.25) is 0 Å². The summed E-state index contributed by atoms with van der Waals surface area (Å²) in [5, 5.41) is 16.0. The van der Waals surface area contributed by atoms with Crippen molar-refractivity contribution >= 4 is 17.2 Å². The highest BCUT2D eigenvalue weighted by atomic mass is 32.1. The van der Waals surface area contributed by atoms with Crippen LogP contribution in [0.1, 0.15) is 17.3 Å². The zero-order chi connectivity index (χ0) is 15.5. The Morgan fingerprint density at radius 2 is 2.41 bits per heavy atom. The third-order valence-corrected chi connectivity index (χ3v) is 4.93. The van der Waals surface area contributed by atoms with Crippen LogP contribution in [0.5, 0.6) is 0 Å². The first-order valence-corrected chi connectivity index (χ1v) is 8.75. The number of aryl methyl sites for hydroxylation is 1. The first kappa shape index (κ1) is 15.5. The molecule has 22 heavy (non-hydrogen) atoms. The predicted octanol–water partition coefficient (Wildman–Crippen LogP) is 2.19. The van der Waals surface area contributed by atoms with Gasteiger partial charge in [0.15, 0.2) is 0 Å². The summed E-state index contributed by atoms with van der Waals surface area (Å²) >= 11 is 1.77. The Morgan fingerprint density at radius 1 is 1.55 bits per heavy atom. The van der Waals surface area contributed by atoms with Crippen LogP contribution < -0.4 is 10.6 Å². The van der Waals surface area contributed by atoms with Gasteiger partial charge in [-0.05, 0) is 43.4 Å². The molecular weight excluding hydrogens is 294 g/mol. The lowest BCUT2D eigenvalue weighted by molar-refractivity contribution is 0.280. The third kappa shape index (κ3) is 3.51. The van der Waals surface area contributed by atoms with Gasteiger partial charge in [-0.1, -0.05) is 0 Å². The number of hydrogen-bond acceptors (Lipinski definition) is 5. The molecule has 0 radical (unpaired) electrons. The molecular formula is C16H25N5S. The molecule has 2 N–H and O–H groups in total. The maximum absolute atomic E-state index is 4.53. The number of rotatable bonds is 6. The van der Waals surface area contributed by atoms with Gasteiger partial charge >= 0.3 is 0 Å². The van der Waals surface area contributed by atoms with Crippen LogP contribution in [0.15, 0.2) is 22.9 Å². The van der Waals surface area contributed by atoms with Gasteiger partial charge in [0.1, 0.15) is 5.82 Å². The average Bonchev–Trinajstić information content (AvgIpc) is 3.10. The minimum atomic E-state index is 0.435. The fraction of sp³-hybridized carbons (Fsp3) is 0.562. The highest BCUT2D eigenvalue weighted by Crippen LogP contribution is 2.21. The highest BCUT2D eigenvalue weighted by Gasteiger charge is 2.20. The largest absolute Gasteiger partial charge is 0.370 e. The van der Waals surface area contributed by atoms with Crippen LogP contribution in [-0.2, 0) is 6.54 Å². The maximum atomic E-state index is 4.53. The van der Waals surface area contributed by atoms with Crippen LogP contribution >= 0.6 is 11.3 Å². The lowest BCUT2D eigenvalue weighted by atomic mass is 10.1. The maximum Gasteiger partial charge on any atom is 0.124 e. The fourth-order valence-corrected chi connectivity index (χ4v) is 3.72. The molecule has 2 unspecified atom stereocenters. The van der Waals surface area contributed by atoms with E-state index in [1.165, 1.54) is 5.56 Å². The first-order valence-electron chi connectivity index (χ1n) is 7.81. The Hall–Kier alpha value is -1.37. The normalized spacial score (nSPS) is 19.0. The Morgan fingerprint density at radius 3 is 3.14 bits per heavy atom. The molecule has 0 bridgehead atoms. The molecule has 5 nitrogen and oxygen atoms in total. The van der Waals surface area contributed by atoms with Crippen molar-refractivity contribution in [1.29, 1.82) is 0 Å². The summed E-state index contributed by atoms with van der Waals surface area (Å²) < 4.78 is 2.09. The van der Waals surface area contributed by atoms with Gasteiger partial charge in [0.05, 0.1) is 5.69 Å². The molecule has 6 heteroatoms. The van der Waals surface area contributed by atoms with Crippen molar-refractivity contribution < 1.29 is 0 Å². The van der Waals surface area contributed by atoms with Crippen LogP contribution in [0.3, 0.4) is 0 Å². The number of aromatic nitrogens is 2. The van der Waals surface area contributed by atoms with Crippen molar-refractivity contribution in [1.82, 2.24) is 20.0 Å². The first-order chi connectivity index (χ1) is 10.6. The quantitative estimate of drug-likeness (QED) is 0.857. The summed E-state index contributed by atoms with van der Waals surface area (Å²) in [6.07, 6.45) is 0. The number of hydrogen-bond donors (Lipinski definition) is 2. The van der Waals surface area contributed by atoms with Gasteiger partial charge in [0.25, 0.3) is 0 Å². The molecule has 3 rings (SSSR count). The van der Waals surface area contributed by atoms with Gasteiger partial charge in [-0.3, -0.25) is 0 Å². The summed E-state index contributed by atoms with van der Waals surface area (Å²) in [5.74, 6) is 1.73. The number of thiophene rings is 1. The van der Waals surface area contributed by atoms with Crippen molar-refractivity contribution in [2.75, 3.05) is 39.0 Å². The lowest BCUT2D eigenvalue weighted by Gasteiger charge is -2.28. The molecule has 120 valence electrons. The van der Waals surface area contributed by atoms with Gasteiger partial charge < -0.3 is 15.5 Å². The van der Waals surface area contributed by atoms with Crippen LogP contribution in [0.4, 0.5) is 5.82 Å². The molecule has 0 aromatic carbocycles. The molecule has 0 saturated carbocycles. The number of anilines is 1. The van der Waals surface area contributed by atoms with E-state index in [4.69, 9.17) is 0 Å². The summed E-state index contributed by atoms with van der Waals surface area (Å²) in [7, 11) is 4.29. The van der Waals surface area contributed by atoms with E-state index in [1.807, 2.05) is 6.92 Å². The van der Waals surface area contributed by atoms with E-state index >= 15 is 0 Å². The second-order valence-corrected chi connectivity index (χ2v) is 7.07. The van der Waals surface area contributed by atoms with Gasteiger partial charge in [-0.25, -0.2) is 4.68 Å². The van der Waals surface area contributed by atoms with E-state index in [0.29, 0.717) is 12.0 Å². The predicted molar refractivity (Wildman–Crippen MR) is 92.6 cm³/mol. The second-order valence-electron chi connectivity index (χ2n) is 6.29. The molecule has 2 aromatic heterocycles. The molecule has 0 saturated heterocycles. The van der Waals surface area contributed by atoms with Gasteiger partial charge in [-0.2, -0.15) is 16.4 Å². The molecule has 0 spiro atoms. The standard InChI is InChI=1S/C16H25N5S/c1-12-6-16-18-8-13(10-21(16)19-12)7-17-9-15(20(2)3)14-4-5-22-11-14/h4-6,11,13,15,17-18H,7-10H2,1-3H3. The Balaban J connectivity index is 1.51. The van der Waals surface area contributed by atoms with Gasteiger partial charge in [-0.15, -0.1) is 0 Å². The van der Waals surface area contributed by atoms with Crippen LogP contribution in [-0.4, -0.2) is 48.4 Å². The van der Waals surface area contributed by atoms with E-state index in [0.717, 1.165) is 37.7 Å². The smallest absolute Gasteiger partial charge is 0.124 e. The third-order valence-electron chi connectivity index (χ3n) is 4.23. The molecule has 2 aromatic rings. The van der Waals surface area contributed by atoms with E-state index in [1.54, 1.807) is 11.3 Å². The van der Waals surface area contributed by atoms with Crippen molar-refractivity contribution in [2.45, 2.75) is 19.5 Å². The molecule has 1 aliphatic rings. The molecule has 0 fully saturated rings. The Labute approximate surface area is 136 Å². The summed E-state index contributed by atoms with van der Waals surface area (Å²) in [5.41, 5.74) is 2.48. The lowest BCUT2D eigenvalue weighted by Crippen LogP contribution is -2.38. The second kappa shape index (κ2) is 6.81. The molecule has 0 aliphatic carbocycles. The van der Waals surface area contributed by atoms with E-state index < -0.39 is 0 Å². The van der Waals surface area contributed by atoms with Crippen molar-refractivity contribution in [3.05, 3.63) is 34.2 Å². The summed E-state index contributed by atoms with van der Waals surface area (Å²) in [6, 6.07) is 4.77. The van der Waals surface area contributed by atoms with Gasteiger partial charge in [0, 0.05) is 44.2 Å². The minimum Gasteiger partial charge on any atom is -0.370 e. The summed E-state index contributed by atoms with van der Waals surface area (Å²) in [6.45, 7) is 6.05.